The fraction of sp³-hybridized carbons (Fsp3) is 0.529. The molecule has 1 aromatic rings. The maximum atomic E-state index is 13.2. The van der Waals surface area contributed by atoms with Gasteiger partial charge < -0.3 is 14.7 Å². The second-order valence-electron chi connectivity index (χ2n) is 6.76. The van der Waals surface area contributed by atoms with Crippen molar-refractivity contribution >= 4 is 12.1 Å². The first-order chi connectivity index (χ1) is 10.7. The van der Waals surface area contributed by atoms with Crippen molar-refractivity contribution in [3.8, 4) is 0 Å². The number of benzene rings is 1. The summed E-state index contributed by atoms with van der Waals surface area (Å²) in [6, 6.07) is 4.94. The van der Waals surface area contributed by atoms with E-state index in [1.807, 2.05) is 0 Å². The standard InChI is InChI=1S/C17H22FNO4/c1-17(2,3)23-16(22)19-10-4-5-13(15(20)21)14(19)11-6-8-12(18)9-7-11/h6-9,13-14H,4-5,10H2,1-3H3,(H,20,21)/t13?,14-/m1/s1. The molecule has 1 N–H and O–H groups in total. The van der Waals surface area contributed by atoms with Crippen molar-refractivity contribution in [2.24, 2.45) is 5.92 Å². The average molecular weight is 323 g/mol. The van der Waals surface area contributed by atoms with E-state index in [0.29, 0.717) is 24.9 Å². The van der Waals surface area contributed by atoms with Gasteiger partial charge >= 0.3 is 12.1 Å². The first-order valence-electron chi connectivity index (χ1n) is 7.67. The van der Waals surface area contributed by atoms with Crippen LogP contribution in [0.5, 0.6) is 0 Å². The molecule has 1 amide bonds. The van der Waals surface area contributed by atoms with Crippen molar-refractivity contribution in [2.45, 2.75) is 45.3 Å². The van der Waals surface area contributed by atoms with Crippen LogP contribution in [-0.4, -0.2) is 34.2 Å². The molecule has 1 aliphatic rings. The van der Waals surface area contributed by atoms with Gasteiger partial charge in [-0.05, 0) is 51.3 Å². The quantitative estimate of drug-likeness (QED) is 0.903. The lowest BCUT2D eigenvalue weighted by molar-refractivity contribution is -0.145. The Labute approximate surface area is 135 Å². The van der Waals surface area contributed by atoms with Crippen LogP contribution in [0.25, 0.3) is 0 Å². The van der Waals surface area contributed by atoms with Gasteiger partial charge in [0.05, 0.1) is 12.0 Å². The van der Waals surface area contributed by atoms with Crippen LogP contribution in [0.1, 0.15) is 45.2 Å². The molecule has 0 radical (unpaired) electrons. The number of aliphatic carboxylic acids is 1. The Balaban J connectivity index is 2.35. The summed E-state index contributed by atoms with van der Waals surface area (Å²) in [5, 5.41) is 9.50. The van der Waals surface area contributed by atoms with Crippen LogP contribution in [0.15, 0.2) is 24.3 Å². The Morgan fingerprint density at radius 3 is 2.39 bits per heavy atom. The molecule has 1 unspecified atom stereocenters. The number of carbonyl (C=O) groups excluding carboxylic acids is 1. The van der Waals surface area contributed by atoms with E-state index in [-0.39, 0.29) is 0 Å². The molecule has 1 aromatic carbocycles. The average Bonchev–Trinajstić information content (AvgIpc) is 2.45. The Morgan fingerprint density at radius 2 is 1.87 bits per heavy atom. The number of ether oxygens (including phenoxy) is 1. The van der Waals surface area contributed by atoms with Crippen molar-refractivity contribution in [3.63, 3.8) is 0 Å². The van der Waals surface area contributed by atoms with Crippen molar-refractivity contribution in [3.05, 3.63) is 35.6 Å². The molecule has 1 fully saturated rings. The molecule has 1 aliphatic heterocycles. The number of likely N-dealkylation sites (tertiary alicyclic amines) is 1. The van der Waals surface area contributed by atoms with Crippen molar-refractivity contribution < 1.29 is 23.8 Å². The minimum Gasteiger partial charge on any atom is -0.481 e. The van der Waals surface area contributed by atoms with Gasteiger partial charge in [0.25, 0.3) is 0 Å². The predicted molar refractivity (Wildman–Crippen MR) is 82.4 cm³/mol. The molecule has 0 saturated carbocycles. The number of hydrogen-bond acceptors (Lipinski definition) is 3. The normalized spacial score (nSPS) is 21.8. The number of nitrogens with zero attached hydrogens (tertiary/aromatic N) is 1. The third-order valence-corrected chi connectivity index (χ3v) is 3.79. The summed E-state index contributed by atoms with van der Waals surface area (Å²) in [4.78, 5) is 25.5. The number of carbonyl (C=O) groups is 2. The summed E-state index contributed by atoms with van der Waals surface area (Å²) in [6.45, 7) is 5.70. The third kappa shape index (κ3) is 4.21. The van der Waals surface area contributed by atoms with E-state index in [2.05, 4.69) is 0 Å². The second kappa shape index (κ2) is 6.56. The summed E-state index contributed by atoms with van der Waals surface area (Å²) in [6.07, 6.45) is 0.516. The first kappa shape index (κ1) is 17.2. The summed E-state index contributed by atoms with van der Waals surface area (Å²) in [5.41, 5.74) is -0.0648. The molecule has 126 valence electrons. The molecule has 1 saturated heterocycles. The Morgan fingerprint density at radius 1 is 1.26 bits per heavy atom. The zero-order valence-corrected chi connectivity index (χ0v) is 13.6. The summed E-state index contributed by atoms with van der Waals surface area (Å²) < 4.78 is 18.6. The van der Waals surface area contributed by atoms with Gasteiger partial charge in [0, 0.05) is 6.54 Å². The van der Waals surface area contributed by atoms with Crippen LogP contribution in [0, 0.1) is 11.7 Å². The van der Waals surface area contributed by atoms with Crippen LogP contribution >= 0.6 is 0 Å². The van der Waals surface area contributed by atoms with Gasteiger partial charge in [-0.15, -0.1) is 0 Å². The lowest BCUT2D eigenvalue weighted by Gasteiger charge is -2.40. The SMILES string of the molecule is CC(C)(C)OC(=O)N1CCCC(C(=O)O)[C@H]1c1ccc(F)cc1. The van der Waals surface area contributed by atoms with E-state index in [1.54, 1.807) is 20.8 Å². The van der Waals surface area contributed by atoms with Gasteiger partial charge in [-0.2, -0.15) is 0 Å². The fourth-order valence-corrected chi connectivity index (χ4v) is 2.85. The van der Waals surface area contributed by atoms with Crippen LogP contribution in [0.3, 0.4) is 0 Å². The molecule has 0 aliphatic carbocycles. The second-order valence-corrected chi connectivity index (χ2v) is 6.76. The van der Waals surface area contributed by atoms with Gasteiger partial charge in [0.15, 0.2) is 0 Å². The Kier molecular flexibility index (Phi) is 4.92. The first-order valence-corrected chi connectivity index (χ1v) is 7.67. The molecule has 0 aromatic heterocycles. The minimum absolute atomic E-state index is 0.403. The number of carboxylic acids is 1. The van der Waals surface area contributed by atoms with E-state index >= 15 is 0 Å². The van der Waals surface area contributed by atoms with Crippen molar-refractivity contribution in [2.75, 3.05) is 6.54 Å². The van der Waals surface area contributed by atoms with Gasteiger partial charge in [0.2, 0.25) is 0 Å². The monoisotopic (exact) mass is 323 g/mol. The highest BCUT2D eigenvalue weighted by atomic mass is 19.1. The van der Waals surface area contributed by atoms with E-state index in [9.17, 15) is 19.1 Å². The van der Waals surface area contributed by atoms with Crippen molar-refractivity contribution in [1.82, 2.24) is 4.90 Å². The molecule has 2 rings (SSSR count). The molecule has 6 heteroatoms. The zero-order chi connectivity index (χ0) is 17.2. The van der Waals surface area contributed by atoms with E-state index in [0.717, 1.165) is 0 Å². The van der Waals surface area contributed by atoms with Crippen LogP contribution in [0.4, 0.5) is 9.18 Å². The molecular formula is C17H22FNO4. The highest BCUT2D eigenvalue weighted by Gasteiger charge is 2.40. The number of halogens is 1. The number of rotatable bonds is 2. The van der Waals surface area contributed by atoms with E-state index < -0.39 is 35.4 Å². The fourth-order valence-electron chi connectivity index (χ4n) is 2.85. The molecule has 2 atom stereocenters. The van der Waals surface area contributed by atoms with E-state index in [4.69, 9.17) is 4.74 Å². The lowest BCUT2D eigenvalue weighted by atomic mass is 9.85. The number of piperidine rings is 1. The maximum absolute atomic E-state index is 13.2. The molecule has 0 spiro atoms. The van der Waals surface area contributed by atoms with E-state index in [1.165, 1.54) is 29.2 Å². The maximum Gasteiger partial charge on any atom is 0.410 e. The zero-order valence-electron chi connectivity index (χ0n) is 13.6. The molecule has 0 bridgehead atoms. The molecular weight excluding hydrogens is 301 g/mol. The number of amides is 1. The highest BCUT2D eigenvalue weighted by Crippen LogP contribution is 2.37. The molecule has 5 nitrogen and oxygen atoms in total. The van der Waals surface area contributed by atoms with Crippen LogP contribution in [-0.2, 0) is 9.53 Å². The Hall–Kier alpha value is -2.11. The lowest BCUT2D eigenvalue weighted by Crippen LogP contribution is -2.47. The van der Waals surface area contributed by atoms with Gasteiger partial charge in [0.1, 0.15) is 11.4 Å². The predicted octanol–water partition coefficient (Wildman–Crippen LogP) is 3.60. The van der Waals surface area contributed by atoms with Crippen LogP contribution in [0.2, 0.25) is 0 Å². The molecule has 23 heavy (non-hydrogen) atoms. The summed E-state index contributed by atoms with van der Waals surface area (Å²) in [5.74, 6) is -2.10. The van der Waals surface area contributed by atoms with Gasteiger partial charge in [-0.3, -0.25) is 4.79 Å². The summed E-state index contributed by atoms with van der Waals surface area (Å²) in [7, 11) is 0. The largest absolute Gasteiger partial charge is 0.481 e. The third-order valence-electron chi connectivity index (χ3n) is 3.79. The van der Waals surface area contributed by atoms with Gasteiger partial charge in [-0.1, -0.05) is 12.1 Å². The highest BCUT2D eigenvalue weighted by molar-refractivity contribution is 5.75. The van der Waals surface area contributed by atoms with Crippen molar-refractivity contribution in [1.29, 1.82) is 0 Å². The topological polar surface area (TPSA) is 66.8 Å². The minimum atomic E-state index is -0.965. The Bertz CT molecular complexity index is 579. The molecule has 1 heterocycles. The smallest absolute Gasteiger partial charge is 0.410 e. The number of hydrogen-bond donors (Lipinski definition) is 1. The summed E-state index contributed by atoms with van der Waals surface area (Å²) >= 11 is 0. The van der Waals surface area contributed by atoms with Crippen LogP contribution < -0.4 is 0 Å². The number of carboxylic acid groups (broad SMARTS) is 1. The van der Waals surface area contributed by atoms with Gasteiger partial charge in [-0.25, -0.2) is 9.18 Å².